The van der Waals surface area contributed by atoms with E-state index in [1.54, 1.807) is 36.4 Å². The van der Waals surface area contributed by atoms with Crippen molar-refractivity contribution in [3.63, 3.8) is 0 Å². The number of aliphatic hydroxyl groups excluding tert-OH is 1. The quantitative estimate of drug-likeness (QED) is 0.310. The Bertz CT molecular complexity index is 1440. The van der Waals surface area contributed by atoms with Crippen molar-refractivity contribution < 1.29 is 18.3 Å². The molecule has 0 radical (unpaired) electrons. The number of aliphatic hydroxyl groups is 1. The summed E-state index contributed by atoms with van der Waals surface area (Å²) in [6.07, 6.45) is 0.550. The lowest BCUT2D eigenvalue weighted by Crippen LogP contribution is -2.43. The van der Waals surface area contributed by atoms with Gasteiger partial charge in [0.1, 0.15) is 0 Å². The highest BCUT2D eigenvalue weighted by atomic mass is 35.5. The zero-order valence-electron chi connectivity index (χ0n) is 19.9. The number of fused-ring (bicyclic) bond motifs is 3. The van der Waals surface area contributed by atoms with Gasteiger partial charge in [-0.25, -0.2) is 8.42 Å². The summed E-state index contributed by atoms with van der Waals surface area (Å²) in [6.45, 7) is 2.88. The fourth-order valence-electron chi connectivity index (χ4n) is 4.89. The smallest absolute Gasteiger partial charge is 0.243 e. The number of benzene rings is 3. The van der Waals surface area contributed by atoms with Crippen molar-refractivity contribution in [3.8, 4) is 0 Å². The third-order valence-electron chi connectivity index (χ3n) is 6.69. The standard InChI is InChI=1S/C27H28Cl2N2O4S/c1-18-4-8-23(9-5-18)36(33,34)30(17-22-3-2-12-35-22)15-21(32)16-31-26-10-6-19(28)13-24(26)25-14-20(29)7-11-27(25)31/h4-11,13-14,21-22,32H,2-3,12,15-17H2,1H3/t21-,22+/m1/s1. The van der Waals surface area contributed by atoms with Crippen molar-refractivity contribution in [2.75, 3.05) is 19.7 Å². The Hall–Kier alpha value is -2.13. The van der Waals surface area contributed by atoms with E-state index in [-0.39, 0.29) is 30.6 Å². The summed E-state index contributed by atoms with van der Waals surface area (Å²) in [5, 5.41) is 14.3. The number of nitrogens with zero attached hydrogens (tertiary/aromatic N) is 2. The molecule has 4 aromatic rings. The summed E-state index contributed by atoms with van der Waals surface area (Å²) in [5.41, 5.74) is 2.76. The normalized spacial score (nSPS) is 17.4. The molecule has 1 fully saturated rings. The van der Waals surface area contributed by atoms with E-state index in [0.29, 0.717) is 16.7 Å². The number of hydrogen-bond donors (Lipinski definition) is 1. The van der Waals surface area contributed by atoms with Crippen molar-refractivity contribution in [2.24, 2.45) is 0 Å². The molecule has 1 aliphatic heterocycles. The molecule has 2 heterocycles. The topological polar surface area (TPSA) is 71.8 Å². The average molecular weight is 548 g/mol. The number of sulfonamides is 1. The molecule has 6 nitrogen and oxygen atoms in total. The third-order valence-corrected chi connectivity index (χ3v) is 9.00. The first-order valence-electron chi connectivity index (χ1n) is 12.0. The van der Waals surface area contributed by atoms with Gasteiger partial charge < -0.3 is 14.4 Å². The summed E-state index contributed by atoms with van der Waals surface area (Å²) in [6, 6.07) is 18.0. The number of hydrogen-bond acceptors (Lipinski definition) is 4. The maximum Gasteiger partial charge on any atom is 0.243 e. The second-order valence-electron chi connectivity index (χ2n) is 9.36. The lowest BCUT2D eigenvalue weighted by Gasteiger charge is -2.27. The summed E-state index contributed by atoms with van der Waals surface area (Å²) >= 11 is 12.5. The molecule has 0 bridgehead atoms. The largest absolute Gasteiger partial charge is 0.390 e. The molecule has 1 aliphatic rings. The first-order valence-corrected chi connectivity index (χ1v) is 14.2. The molecule has 1 aromatic heterocycles. The van der Waals surface area contributed by atoms with Gasteiger partial charge in [-0.2, -0.15) is 4.31 Å². The Morgan fingerprint density at radius 1 is 1.03 bits per heavy atom. The van der Waals surface area contributed by atoms with Crippen LogP contribution < -0.4 is 0 Å². The van der Waals surface area contributed by atoms with Crippen LogP contribution in [0.1, 0.15) is 18.4 Å². The minimum Gasteiger partial charge on any atom is -0.390 e. The minimum atomic E-state index is -3.83. The fraction of sp³-hybridized carbons (Fsp3) is 0.333. The fourth-order valence-corrected chi connectivity index (χ4v) is 6.75. The van der Waals surface area contributed by atoms with Gasteiger partial charge in [0.05, 0.1) is 23.6 Å². The molecule has 1 saturated heterocycles. The second kappa shape index (κ2) is 10.3. The predicted octanol–water partition coefficient (Wildman–Crippen LogP) is 5.64. The van der Waals surface area contributed by atoms with Crippen molar-refractivity contribution >= 4 is 55.0 Å². The highest BCUT2D eigenvalue weighted by Crippen LogP contribution is 2.33. The molecule has 0 amide bonds. The van der Waals surface area contributed by atoms with Gasteiger partial charge in [-0.1, -0.05) is 40.9 Å². The van der Waals surface area contributed by atoms with E-state index in [1.807, 2.05) is 35.8 Å². The van der Waals surface area contributed by atoms with Crippen LogP contribution in [-0.2, 0) is 21.3 Å². The van der Waals surface area contributed by atoms with Crippen LogP contribution in [0.2, 0.25) is 10.0 Å². The third kappa shape index (κ3) is 5.14. The molecule has 36 heavy (non-hydrogen) atoms. The number of aromatic nitrogens is 1. The molecule has 0 unspecified atom stereocenters. The Balaban J connectivity index is 1.47. The monoisotopic (exact) mass is 546 g/mol. The van der Waals surface area contributed by atoms with Gasteiger partial charge >= 0.3 is 0 Å². The van der Waals surface area contributed by atoms with E-state index in [2.05, 4.69) is 0 Å². The molecular formula is C27H28Cl2N2O4S. The summed E-state index contributed by atoms with van der Waals surface area (Å²) in [5.74, 6) is 0. The highest BCUT2D eigenvalue weighted by Gasteiger charge is 2.31. The zero-order chi connectivity index (χ0) is 25.4. The molecule has 1 N–H and O–H groups in total. The lowest BCUT2D eigenvalue weighted by atomic mass is 10.1. The van der Waals surface area contributed by atoms with Crippen molar-refractivity contribution in [3.05, 3.63) is 76.3 Å². The van der Waals surface area contributed by atoms with Crippen LogP contribution in [0.3, 0.4) is 0 Å². The number of halogens is 2. The van der Waals surface area contributed by atoms with Gasteiger partial charge in [0.15, 0.2) is 0 Å². The molecule has 5 rings (SSSR count). The van der Waals surface area contributed by atoms with Gasteiger partial charge in [-0.15, -0.1) is 0 Å². The Morgan fingerprint density at radius 2 is 1.64 bits per heavy atom. The molecular weight excluding hydrogens is 519 g/mol. The Kier molecular flexibility index (Phi) is 7.32. The maximum atomic E-state index is 13.6. The molecule has 0 aliphatic carbocycles. The number of ether oxygens (including phenoxy) is 1. The van der Waals surface area contributed by atoms with Crippen LogP contribution in [0.4, 0.5) is 0 Å². The Labute approximate surface area is 221 Å². The SMILES string of the molecule is Cc1ccc(S(=O)(=O)N(C[C@@H](O)Cn2c3ccc(Cl)cc3c3cc(Cl)ccc32)C[C@@H]2CCCO2)cc1. The van der Waals surface area contributed by atoms with Gasteiger partial charge in [-0.3, -0.25) is 0 Å². The van der Waals surface area contributed by atoms with Crippen LogP contribution >= 0.6 is 23.2 Å². The highest BCUT2D eigenvalue weighted by molar-refractivity contribution is 7.89. The van der Waals surface area contributed by atoms with Gasteiger partial charge in [-0.05, 0) is 68.3 Å². The number of rotatable bonds is 8. The first-order chi connectivity index (χ1) is 17.2. The molecule has 9 heteroatoms. The van der Waals surface area contributed by atoms with E-state index >= 15 is 0 Å². The summed E-state index contributed by atoms with van der Waals surface area (Å²) < 4.78 is 36.3. The van der Waals surface area contributed by atoms with Crippen LogP contribution in [0.25, 0.3) is 21.8 Å². The first kappa shape index (κ1) is 25.5. The van der Waals surface area contributed by atoms with E-state index < -0.39 is 16.1 Å². The van der Waals surface area contributed by atoms with Crippen LogP contribution in [0, 0.1) is 6.92 Å². The molecule has 190 valence electrons. The van der Waals surface area contributed by atoms with Crippen LogP contribution in [0.15, 0.2) is 65.6 Å². The summed E-state index contributed by atoms with van der Waals surface area (Å²) in [7, 11) is -3.83. The second-order valence-corrected chi connectivity index (χ2v) is 12.2. The minimum absolute atomic E-state index is 0.0571. The van der Waals surface area contributed by atoms with E-state index in [4.69, 9.17) is 27.9 Å². The Morgan fingerprint density at radius 3 is 2.19 bits per heavy atom. The van der Waals surface area contributed by atoms with E-state index in [9.17, 15) is 13.5 Å². The molecule has 0 spiro atoms. The number of aryl methyl sites for hydroxylation is 1. The zero-order valence-corrected chi connectivity index (χ0v) is 22.2. The average Bonchev–Trinajstić information content (AvgIpc) is 3.45. The maximum absolute atomic E-state index is 13.6. The van der Waals surface area contributed by atoms with Gasteiger partial charge in [0, 0.05) is 51.5 Å². The van der Waals surface area contributed by atoms with Crippen molar-refractivity contribution in [1.29, 1.82) is 0 Å². The molecule has 0 saturated carbocycles. The van der Waals surface area contributed by atoms with Crippen molar-refractivity contribution in [1.82, 2.24) is 8.87 Å². The van der Waals surface area contributed by atoms with Gasteiger partial charge in [0.25, 0.3) is 0 Å². The van der Waals surface area contributed by atoms with E-state index in [0.717, 1.165) is 40.2 Å². The van der Waals surface area contributed by atoms with Crippen LogP contribution in [0.5, 0.6) is 0 Å². The van der Waals surface area contributed by atoms with Gasteiger partial charge in [0.2, 0.25) is 10.0 Å². The lowest BCUT2D eigenvalue weighted by molar-refractivity contribution is 0.0751. The van der Waals surface area contributed by atoms with E-state index in [1.165, 1.54) is 4.31 Å². The molecule has 3 aromatic carbocycles. The van der Waals surface area contributed by atoms with Crippen molar-refractivity contribution in [2.45, 2.75) is 43.4 Å². The summed E-state index contributed by atoms with van der Waals surface area (Å²) in [4.78, 5) is 0.208. The predicted molar refractivity (Wildman–Crippen MR) is 144 cm³/mol. The molecule has 2 atom stereocenters. The van der Waals surface area contributed by atoms with Crippen LogP contribution in [-0.4, -0.2) is 54.3 Å².